The van der Waals surface area contributed by atoms with E-state index in [0.717, 1.165) is 25.0 Å². The molecule has 1 aliphatic heterocycles. The molecule has 1 rings (SSSR count). The molecule has 3 nitrogen and oxygen atoms in total. The Morgan fingerprint density at radius 3 is 2.56 bits per heavy atom. The van der Waals surface area contributed by atoms with Crippen LogP contribution >= 0.6 is 0 Å². The van der Waals surface area contributed by atoms with Crippen LogP contribution in [0, 0.1) is 11.8 Å². The Labute approximate surface area is 101 Å². The number of piperidine rings is 1. The average molecular weight is 228 g/mol. The maximum Gasteiger partial charge on any atom is 0.0589 e. The van der Waals surface area contributed by atoms with E-state index in [1.807, 2.05) is 0 Å². The van der Waals surface area contributed by atoms with Gasteiger partial charge in [0.2, 0.25) is 0 Å². The molecule has 0 saturated carbocycles. The van der Waals surface area contributed by atoms with Crippen molar-refractivity contribution in [2.24, 2.45) is 11.8 Å². The summed E-state index contributed by atoms with van der Waals surface area (Å²) < 4.78 is 5.19. The molecule has 1 fully saturated rings. The van der Waals surface area contributed by atoms with Crippen molar-refractivity contribution in [3.05, 3.63) is 0 Å². The summed E-state index contributed by atoms with van der Waals surface area (Å²) in [5.74, 6) is 1.63. The normalized spacial score (nSPS) is 18.6. The zero-order chi connectivity index (χ0) is 11.8. The maximum atomic E-state index is 5.19. The molecule has 0 aliphatic carbocycles. The van der Waals surface area contributed by atoms with E-state index in [-0.39, 0.29) is 0 Å². The molecule has 3 heteroatoms. The lowest BCUT2D eigenvalue weighted by molar-refractivity contribution is 0.122. The predicted molar refractivity (Wildman–Crippen MR) is 68.7 cm³/mol. The third-order valence-corrected chi connectivity index (χ3v) is 3.21. The fourth-order valence-electron chi connectivity index (χ4n) is 2.42. The Balaban J connectivity index is 2.28. The van der Waals surface area contributed by atoms with Crippen LogP contribution in [0.5, 0.6) is 0 Å². The second kappa shape index (κ2) is 8.04. The van der Waals surface area contributed by atoms with Crippen LogP contribution < -0.4 is 5.32 Å². The van der Waals surface area contributed by atoms with Gasteiger partial charge in [-0.3, -0.25) is 0 Å². The van der Waals surface area contributed by atoms with Gasteiger partial charge < -0.3 is 15.0 Å². The standard InChI is InChI=1S/C13H28N2O/c1-12(2)10-15(8-9-16-3)11-13-4-6-14-7-5-13/h12-14H,4-11H2,1-3H3. The van der Waals surface area contributed by atoms with Crippen molar-refractivity contribution < 1.29 is 4.74 Å². The van der Waals surface area contributed by atoms with Crippen molar-refractivity contribution in [2.45, 2.75) is 26.7 Å². The SMILES string of the molecule is COCCN(CC(C)C)CC1CCNCC1. The Hall–Kier alpha value is -0.120. The minimum absolute atomic E-state index is 0.749. The summed E-state index contributed by atoms with van der Waals surface area (Å²) in [5.41, 5.74) is 0. The summed E-state index contributed by atoms with van der Waals surface area (Å²) in [6.07, 6.45) is 2.67. The number of hydrogen-bond acceptors (Lipinski definition) is 3. The lowest BCUT2D eigenvalue weighted by Crippen LogP contribution is -2.39. The van der Waals surface area contributed by atoms with Gasteiger partial charge >= 0.3 is 0 Å². The predicted octanol–water partition coefficient (Wildman–Crippen LogP) is 1.59. The fraction of sp³-hybridized carbons (Fsp3) is 1.00. The average Bonchev–Trinajstić information content (AvgIpc) is 2.26. The van der Waals surface area contributed by atoms with Gasteiger partial charge in [-0.2, -0.15) is 0 Å². The van der Waals surface area contributed by atoms with Crippen LogP contribution in [0.15, 0.2) is 0 Å². The van der Waals surface area contributed by atoms with Crippen molar-refractivity contribution >= 4 is 0 Å². The Bertz CT molecular complexity index is 167. The topological polar surface area (TPSA) is 24.5 Å². The van der Waals surface area contributed by atoms with Gasteiger partial charge in [0.15, 0.2) is 0 Å². The first-order valence-corrected chi connectivity index (χ1v) is 6.64. The van der Waals surface area contributed by atoms with E-state index in [4.69, 9.17) is 4.74 Å². The molecule has 0 spiro atoms. The van der Waals surface area contributed by atoms with E-state index in [2.05, 4.69) is 24.1 Å². The van der Waals surface area contributed by atoms with E-state index in [1.165, 1.54) is 39.0 Å². The van der Waals surface area contributed by atoms with Gasteiger partial charge in [0.1, 0.15) is 0 Å². The Morgan fingerprint density at radius 2 is 2.00 bits per heavy atom. The van der Waals surface area contributed by atoms with E-state index in [1.54, 1.807) is 7.11 Å². The quantitative estimate of drug-likeness (QED) is 0.716. The molecular formula is C13H28N2O. The van der Waals surface area contributed by atoms with Gasteiger partial charge in [-0.1, -0.05) is 13.8 Å². The largest absolute Gasteiger partial charge is 0.383 e. The van der Waals surface area contributed by atoms with Gasteiger partial charge in [-0.05, 0) is 37.8 Å². The molecule has 96 valence electrons. The second-order valence-electron chi connectivity index (χ2n) is 5.34. The molecule has 1 aliphatic rings. The van der Waals surface area contributed by atoms with Crippen molar-refractivity contribution in [1.29, 1.82) is 0 Å². The number of hydrogen-bond donors (Lipinski definition) is 1. The molecular weight excluding hydrogens is 200 g/mol. The first kappa shape index (κ1) is 13.9. The number of rotatable bonds is 7. The molecule has 1 N–H and O–H groups in total. The van der Waals surface area contributed by atoms with Crippen molar-refractivity contribution in [3.63, 3.8) is 0 Å². The molecule has 1 saturated heterocycles. The molecule has 0 amide bonds. The number of methoxy groups -OCH3 is 1. The summed E-state index contributed by atoms with van der Waals surface area (Å²) >= 11 is 0. The smallest absolute Gasteiger partial charge is 0.0589 e. The lowest BCUT2D eigenvalue weighted by Gasteiger charge is -2.31. The Morgan fingerprint density at radius 1 is 1.31 bits per heavy atom. The third-order valence-electron chi connectivity index (χ3n) is 3.21. The monoisotopic (exact) mass is 228 g/mol. The molecule has 0 atom stereocenters. The first-order chi connectivity index (χ1) is 7.72. The molecule has 0 unspecified atom stereocenters. The van der Waals surface area contributed by atoms with Crippen LogP contribution in [0.2, 0.25) is 0 Å². The van der Waals surface area contributed by atoms with Crippen LogP contribution in [-0.4, -0.2) is 51.3 Å². The lowest BCUT2D eigenvalue weighted by atomic mass is 9.97. The highest BCUT2D eigenvalue weighted by molar-refractivity contribution is 4.73. The summed E-state index contributed by atoms with van der Waals surface area (Å²) in [7, 11) is 1.79. The highest BCUT2D eigenvalue weighted by Crippen LogP contribution is 2.14. The summed E-state index contributed by atoms with van der Waals surface area (Å²) in [5, 5.41) is 3.43. The van der Waals surface area contributed by atoms with Gasteiger partial charge in [0.25, 0.3) is 0 Å². The summed E-state index contributed by atoms with van der Waals surface area (Å²) in [6.45, 7) is 11.4. The van der Waals surface area contributed by atoms with Gasteiger partial charge in [0.05, 0.1) is 6.61 Å². The summed E-state index contributed by atoms with van der Waals surface area (Å²) in [6, 6.07) is 0. The molecule has 0 radical (unpaired) electrons. The molecule has 1 heterocycles. The fourth-order valence-corrected chi connectivity index (χ4v) is 2.42. The van der Waals surface area contributed by atoms with Crippen LogP contribution in [0.4, 0.5) is 0 Å². The zero-order valence-corrected chi connectivity index (χ0v) is 11.2. The molecule has 16 heavy (non-hydrogen) atoms. The van der Waals surface area contributed by atoms with Gasteiger partial charge in [0, 0.05) is 26.7 Å². The van der Waals surface area contributed by atoms with Crippen LogP contribution in [0.25, 0.3) is 0 Å². The van der Waals surface area contributed by atoms with Crippen LogP contribution in [0.3, 0.4) is 0 Å². The number of nitrogens with zero attached hydrogens (tertiary/aromatic N) is 1. The van der Waals surface area contributed by atoms with Crippen molar-refractivity contribution in [3.8, 4) is 0 Å². The zero-order valence-electron chi connectivity index (χ0n) is 11.2. The van der Waals surface area contributed by atoms with E-state index in [0.29, 0.717) is 0 Å². The molecule has 0 aromatic rings. The van der Waals surface area contributed by atoms with Gasteiger partial charge in [-0.25, -0.2) is 0 Å². The Kier molecular flexibility index (Phi) is 7.01. The number of ether oxygens (including phenoxy) is 1. The van der Waals surface area contributed by atoms with Crippen molar-refractivity contribution in [2.75, 3.05) is 46.4 Å². The third kappa shape index (κ3) is 5.83. The minimum atomic E-state index is 0.749. The number of nitrogens with one attached hydrogen (secondary N) is 1. The van der Waals surface area contributed by atoms with E-state index < -0.39 is 0 Å². The highest BCUT2D eigenvalue weighted by atomic mass is 16.5. The highest BCUT2D eigenvalue weighted by Gasteiger charge is 2.17. The molecule has 0 bridgehead atoms. The summed E-state index contributed by atoms with van der Waals surface area (Å²) in [4.78, 5) is 2.57. The van der Waals surface area contributed by atoms with E-state index >= 15 is 0 Å². The maximum absolute atomic E-state index is 5.19. The second-order valence-corrected chi connectivity index (χ2v) is 5.34. The molecule has 0 aromatic heterocycles. The minimum Gasteiger partial charge on any atom is -0.383 e. The molecule has 0 aromatic carbocycles. The van der Waals surface area contributed by atoms with Crippen molar-refractivity contribution in [1.82, 2.24) is 10.2 Å². The van der Waals surface area contributed by atoms with Gasteiger partial charge in [-0.15, -0.1) is 0 Å². The van der Waals surface area contributed by atoms with Crippen LogP contribution in [0.1, 0.15) is 26.7 Å². The van der Waals surface area contributed by atoms with E-state index in [9.17, 15) is 0 Å². The first-order valence-electron chi connectivity index (χ1n) is 6.64. The van der Waals surface area contributed by atoms with Crippen LogP contribution in [-0.2, 0) is 4.74 Å².